The van der Waals surface area contributed by atoms with Crippen LogP contribution in [0.5, 0.6) is 0 Å². The molecule has 0 radical (unpaired) electrons. The molecule has 7 nitrogen and oxygen atoms in total. The number of fused-ring (bicyclic) bond motifs is 1. The van der Waals surface area contributed by atoms with E-state index in [0.717, 1.165) is 59.0 Å². The minimum absolute atomic E-state index is 0.0722. The molecule has 0 saturated carbocycles. The summed E-state index contributed by atoms with van der Waals surface area (Å²) in [7, 11) is 1.70. The van der Waals surface area contributed by atoms with Crippen molar-refractivity contribution >= 4 is 28.8 Å². The molecule has 0 fully saturated rings. The number of Topliss-reactive ketones (excluding diaryl/α,β-unsaturated/α-hetero) is 1. The Kier molecular flexibility index (Phi) is 8.12. The first-order valence-electron chi connectivity index (χ1n) is 14.2. The van der Waals surface area contributed by atoms with E-state index in [9.17, 15) is 14.7 Å². The molecule has 2 aromatic carbocycles. The Morgan fingerprint density at radius 3 is 2.60 bits per heavy atom. The standard InChI is InChI=1S/C33H39N3O4/c1-5-35(16-17-37)25-12-15-27(21(2)18-25)33-32-29(34-28-8-6-7-9-30(28)36(33)22(3)38)19-24(20-31(32)39)23-10-13-26(40-4)14-11-23/h6-10,12-13,15,18,24,33-34,37H,5,11,14,16-17,19-20H2,1-4H3. The molecule has 2 aromatic rings. The lowest BCUT2D eigenvalue weighted by Gasteiger charge is -2.36. The average Bonchev–Trinajstić information content (AvgIpc) is 3.10. The van der Waals surface area contributed by atoms with E-state index in [2.05, 4.69) is 29.3 Å². The van der Waals surface area contributed by atoms with Gasteiger partial charge in [-0.2, -0.15) is 0 Å². The molecule has 2 N–H and O–H groups in total. The van der Waals surface area contributed by atoms with E-state index >= 15 is 0 Å². The number of para-hydroxylation sites is 2. The fourth-order valence-corrected chi connectivity index (χ4v) is 6.39. The van der Waals surface area contributed by atoms with Crippen molar-refractivity contribution in [3.8, 4) is 0 Å². The van der Waals surface area contributed by atoms with Gasteiger partial charge < -0.3 is 20.1 Å². The van der Waals surface area contributed by atoms with Crippen molar-refractivity contribution < 1.29 is 19.4 Å². The molecule has 1 aliphatic heterocycles. The Labute approximate surface area is 236 Å². The van der Waals surface area contributed by atoms with Gasteiger partial charge in [-0.1, -0.05) is 29.8 Å². The number of amides is 1. The first kappa shape index (κ1) is 27.7. The van der Waals surface area contributed by atoms with Crippen LogP contribution >= 0.6 is 0 Å². The lowest BCUT2D eigenvalue weighted by molar-refractivity contribution is -0.117. The Morgan fingerprint density at radius 2 is 1.95 bits per heavy atom. The summed E-state index contributed by atoms with van der Waals surface area (Å²) < 4.78 is 5.42. The van der Waals surface area contributed by atoms with E-state index in [1.54, 1.807) is 18.9 Å². The molecule has 5 rings (SSSR count). The number of aliphatic hydroxyl groups excluding tert-OH is 1. The zero-order valence-corrected chi connectivity index (χ0v) is 23.9. The number of rotatable bonds is 7. The summed E-state index contributed by atoms with van der Waals surface area (Å²) in [5.74, 6) is 1.02. The SMILES string of the molecule is CCN(CCO)c1ccc(C2C3=C(CC(C4=CC=C(OC)CC4)CC3=O)Nc3ccccc3N2C(C)=O)c(C)c1. The van der Waals surface area contributed by atoms with Crippen LogP contribution in [-0.4, -0.2) is 43.6 Å². The van der Waals surface area contributed by atoms with Gasteiger partial charge >= 0.3 is 0 Å². The second-order valence-corrected chi connectivity index (χ2v) is 10.8. The molecule has 0 aromatic heterocycles. The zero-order chi connectivity index (χ0) is 28.4. The fraction of sp³-hybridized carbons (Fsp3) is 0.394. The number of methoxy groups -OCH3 is 1. The number of ether oxygens (including phenoxy) is 1. The van der Waals surface area contributed by atoms with Crippen LogP contribution in [0.15, 0.2) is 77.2 Å². The van der Waals surface area contributed by atoms with Crippen LogP contribution in [0.1, 0.15) is 56.7 Å². The van der Waals surface area contributed by atoms with Crippen LogP contribution in [0.4, 0.5) is 17.1 Å². The third-order valence-electron chi connectivity index (χ3n) is 8.42. The zero-order valence-electron chi connectivity index (χ0n) is 23.9. The number of ketones is 1. The summed E-state index contributed by atoms with van der Waals surface area (Å²) in [6, 6.07) is 13.4. The molecule has 2 atom stereocenters. The van der Waals surface area contributed by atoms with Crippen molar-refractivity contribution in [2.45, 2.75) is 52.5 Å². The van der Waals surface area contributed by atoms with Gasteiger partial charge in [0, 0.05) is 49.8 Å². The minimum Gasteiger partial charge on any atom is -0.501 e. The van der Waals surface area contributed by atoms with Gasteiger partial charge in [-0.15, -0.1) is 0 Å². The van der Waals surface area contributed by atoms with E-state index in [0.29, 0.717) is 25.0 Å². The molecule has 40 heavy (non-hydrogen) atoms. The number of carbonyl (C=O) groups is 2. The minimum atomic E-state index is -0.542. The maximum Gasteiger partial charge on any atom is 0.224 e. The van der Waals surface area contributed by atoms with Crippen LogP contribution in [0.2, 0.25) is 0 Å². The van der Waals surface area contributed by atoms with Gasteiger partial charge in [-0.25, -0.2) is 0 Å². The van der Waals surface area contributed by atoms with Crippen LogP contribution in [0.3, 0.4) is 0 Å². The molecule has 1 amide bonds. The van der Waals surface area contributed by atoms with Gasteiger partial charge in [0.15, 0.2) is 5.78 Å². The molecule has 210 valence electrons. The number of aryl methyl sites for hydroxylation is 1. The Bertz CT molecular complexity index is 1410. The van der Waals surface area contributed by atoms with E-state index in [4.69, 9.17) is 4.74 Å². The van der Waals surface area contributed by atoms with Crippen LogP contribution in [0, 0.1) is 12.8 Å². The van der Waals surface area contributed by atoms with Crippen molar-refractivity contribution in [2.75, 3.05) is 41.9 Å². The normalized spacial score (nSPS) is 20.5. The number of nitrogens with one attached hydrogen (secondary N) is 1. The van der Waals surface area contributed by atoms with Gasteiger partial charge in [0.05, 0.1) is 36.9 Å². The number of hydrogen-bond acceptors (Lipinski definition) is 6. The van der Waals surface area contributed by atoms with E-state index < -0.39 is 6.04 Å². The monoisotopic (exact) mass is 541 g/mol. The largest absolute Gasteiger partial charge is 0.501 e. The molecule has 0 spiro atoms. The third-order valence-corrected chi connectivity index (χ3v) is 8.42. The quantitative estimate of drug-likeness (QED) is 0.460. The maximum atomic E-state index is 14.1. The summed E-state index contributed by atoms with van der Waals surface area (Å²) >= 11 is 0. The van der Waals surface area contributed by atoms with Crippen molar-refractivity contribution in [2.24, 2.45) is 5.92 Å². The number of nitrogens with zero attached hydrogens (tertiary/aromatic N) is 2. The first-order valence-corrected chi connectivity index (χ1v) is 14.2. The second kappa shape index (κ2) is 11.7. The van der Waals surface area contributed by atoms with E-state index in [1.807, 2.05) is 49.4 Å². The van der Waals surface area contributed by atoms with Crippen LogP contribution in [0.25, 0.3) is 0 Å². The molecule has 7 heteroatoms. The van der Waals surface area contributed by atoms with Gasteiger partial charge in [0.2, 0.25) is 5.91 Å². The van der Waals surface area contributed by atoms with Crippen LogP contribution < -0.4 is 15.1 Å². The van der Waals surface area contributed by atoms with Gasteiger partial charge in [-0.3, -0.25) is 14.5 Å². The lowest BCUT2D eigenvalue weighted by atomic mass is 9.76. The maximum absolute atomic E-state index is 14.1. The van der Waals surface area contributed by atoms with Gasteiger partial charge in [0.25, 0.3) is 0 Å². The van der Waals surface area contributed by atoms with Crippen molar-refractivity contribution in [1.29, 1.82) is 0 Å². The molecule has 0 saturated heterocycles. The van der Waals surface area contributed by atoms with E-state index in [-0.39, 0.29) is 24.2 Å². The number of allylic oxidation sites excluding steroid dienone is 5. The number of benzene rings is 2. The highest BCUT2D eigenvalue weighted by Crippen LogP contribution is 2.48. The predicted octanol–water partition coefficient (Wildman–Crippen LogP) is 5.82. The lowest BCUT2D eigenvalue weighted by Crippen LogP contribution is -2.38. The summed E-state index contributed by atoms with van der Waals surface area (Å²) in [6.07, 6.45) is 6.97. The summed E-state index contributed by atoms with van der Waals surface area (Å²) in [5.41, 5.74) is 7.37. The number of anilines is 3. The van der Waals surface area contributed by atoms with Crippen molar-refractivity contribution in [3.63, 3.8) is 0 Å². The molecular weight excluding hydrogens is 502 g/mol. The number of aliphatic hydroxyl groups is 1. The second-order valence-electron chi connectivity index (χ2n) is 10.8. The highest BCUT2D eigenvalue weighted by molar-refractivity contribution is 6.06. The Hall–Kier alpha value is -3.84. The molecular formula is C33H39N3O4. The van der Waals surface area contributed by atoms with Gasteiger partial charge in [-0.05, 0) is 74.1 Å². The summed E-state index contributed by atoms with van der Waals surface area (Å²) in [6.45, 7) is 7.06. The molecule has 2 aliphatic carbocycles. The highest BCUT2D eigenvalue weighted by atomic mass is 16.5. The summed E-state index contributed by atoms with van der Waals surface area (Å²) in [5, 5.41) is 13.1. The first-order chi connectivity index (χ1) is 19.4. The fourth-order valence-electron chi connectivity index (χ4n) is 6.39. The van der Waals surface area contributed by atoms with Crippen LogP contribution in [-0.2, 0) is 14.3 Å². The molecule has 2 unspecified atom stereocenters. The number of hydrogen-bond donors (Lipinski definition) is 2. The van der Waals surface area contributed by atoms with Gasteiger partial charge in [0.1, 0.15) is 0 Å². The average molecular weight is 542 g/mol. The number of likely N-dealkylation sites (N-methyl/N-ethyl adjacent to an activating group) is 1. The Balaban J connectivity index is 1.64. The molecule has 1 heterocycles. The predicted molar refractivity (Wildman–Crippen MR) is 159 cm³/mol. The van der Waals surface area contributed by atoms with Crippen molar-refractivity contribution in [1.82, 2.24) is 0 Å². The highest BCUT2D eigenvalue weighted by Gasteiger charge is 2.41. The molecule has 0 bridgehead atoms. The smallest absolute Gasteiger partial charge is 0.224 e. The Morgan fingerprint density at radius 1 is 1.15 bits per heavy atom. The van der Waals surface area contributed by atoms with Crippen molar-refractivity contribution in [3.05, 3.63) is 88.3 Å². The molecule has 3 aliphatic rings. The topological polar surface area (TPSA) is 82.1 Å². The third kappa shape index (κ3) is 5.18. The summed E-state index contributed by atoms with van der Waals surface area (Å²) in [4.78, 5) is 31.4. The number of carbonyl (C=O) groups excluding carboxylic acids is 2. The van der Waals surface area contributed by atoms with E-state index in [1.165, 1.54) is 5.57 Å².